The predicted octanol–water partition coefficient (Wildman–Crippen LogP) is 1.43. The molecule has 1 unspecified atom stereocenters. The average Bonchev–Trinajstić information content (AvgIpc) is 1.87. The van der Waals surface area contributed by atoms with E-state index in [1.165, 1.54) is 0 Å². The van der Waals surface area contributed by atoms with Crippen LogP contribution in [0.1, 0.15) is 20.3 Å². The van der Waals surface area contributed by atoms with Gasteiger partial charge in [-0.15, -0.1) is 0 Å². The molecular formula is C5H11O3P. The lowest BCUT2D eigenvalue weighted by atomic mass is 10.6. The van der Waals surface area contributed by atoms with Gasteiger partial charge in [0.1, 0.15) is 0 Å². The Bertz CT molecular complexity index is 121. The summed E-state index contributed by atoms with van der Waals surface area (Å²) < 4.78 is 15.2. The SMILES string of the molecule is CCO[PH](=O)C(=O)CC. The van der Waals surface area contributed by atoms with Gasteiger partial charge < -0.3 is 4.52 Å². The third kappa shape index (κ3) is 3.44. The molecule has 0 aliphatic heterocycles. The average molecular weight is 150 g/mol. The zero-order valence-corrected chi connectivity index (χ0v) is 6.64. The zero-order valence-electron chi connectivity index (χ0n) is 5.64. The van der Waals surface area contributed by atoms with Gasteiger partial charge in [0.05, 0.1) is 6.61 Å². The monoisotopic (exact) mass is 150 g/mol. The summed E-state index contributed by atoms with van der Waals surface area (Å²) in [7, 11) is -2.36. The molecule has 0 N–H and O–H groups in total. The molecule has 0 saturated carbocycles. The molecule has 0 aliphatic carbocycles. The van der Waals surface area contributed by atoms with Crippen molar-refractivity contribution in [2.45, 2.75) is 20.3 Å². The van der Waals surface area contributed by atoms with Gasteiger partial charge in [-0.2, -0.15) is 0 Å². The summed E-state index contributed by atoms with van der Waals surface area (Å²) in [5.41, 5.74) is -0.276. The molecule has 0 rings (SSSR count). The fraction of sp³-hybridized carbons (Fsp3) is 0.800. The van der Waals surface area contributed by atoms with E-state index < -0.39 is 8.03 Å². The second-order valence-electron chi connectivity index (χ2n) is 1.50. The summed E-state index contributed by atoms with van der Waals surface area (Å²) in [4.78, 5) is 10.5. The van der Waals surface area contributed by atoms with Crippen molar-refractivity contribution in [3.63, 3.8) is 0 Å². The Morgan fingerprint density at radius 2 is 2.11 bits per heavy atom. The van der Waals surface area contributed by atoms with Crippen LogP contribution in [-0.4, -0.2) is 12.1 Å². The first-order valence-electron chi connectivity index (χ1n) is 2.92. The van der Waals surface area contributed by atoms with Gasteiger partial charge >= 0.3 is 0 Å². The topological polar surface area (TPSA) is 43.4 Å². The molecule has 0 aromatic carbocycles. The van der Waals surface area contributed by atoms with E-state index in [4.69, 9.17) is 0 Å². The van der Waals surface area contributed by atoms with Crippen LogP contribution in [0.4, 0.5) is 0 Å². The van der Waals surface area contributed by atoms with Crippen LogP contribution in [0.2, 0.25) is 0 Å². The molecule has 0 aliphatic rings. The van der Waals surface area contributed by atoms with Crippen molar-refractivity contribution in [1.82, 2.24) is 0 Å². The Morgan fingerprint density at radius 3 is 2.44 bits per heavy atom. The molecule has 0 aromatic rings. The van der Waals surface area contributed by atoms with Gasteiger partial charge in [0.2, 0.25) is 5.52 Å². The molecule has 0 radical (unpaired) electrons. The summed E-state index contributed by atoms with van der Waals surface area (Å²) in [6.07, 6.45) is 0.303. The molecule has 0 bridgehead atoms. The highest BCUT2D eigenvalue weighted by atomic mass is 31.1. The van der Waals surface area contributed by atoms with Crippen LogP contribution in [-0.2, 0) is 13.9 Å². The standard InChI is InChI=1S/C5H11O3P/c1-3-5(6)9(7)8-4-2/h9H,3-4H2,1-2H3. The molecule has 9 heavy (non-hydrogen) atoms. The molecule has 0 fully saturated rings. The summed E-state index contributed by atoms with van der Waals surface area (Å²) in [6.45, 7) is 3.74. The normalized spacial score (nSPS) is 13.1. The number of hydrogen-bond acceptors (Lipinski definition) is 3. The van der Waals surface area contributed by atoms with Crippen LogP contribution in [0.25, 0.3) is 0 Å². The smallest absolute Gasteiger partial charge is 0.255 e. The highest BCUT2D eigenvalue weighted by molar-refractivity contribution is 7.59. The maximum atomic E-state index is 10.6. The van der Waals surface area contributed by atoms with E-state index >= 15 is 0 Å². The fourth-order valence-corrected chi connectivity index (χ4v) is 1.07. The van der Waals surface area contributed by atoms with Crippen molar-refractivity contribution in [1.29, 1.82) is 0 Å². The number of carbonyl (C=O) groups is 1. The third-order valence-electron chi connectivity index (χ3n) is 0.824. The lowest BCUT2D eigenvalue weighted by molar-refractivity contribution is -0.112. The fourth-order valence-electron chi connectivity index (χ4n) is 0.356. The second-order valence-corrected chi connectivity index (χ2v) is 2.92. The summed E-state index contributed by atoms with van der Waals surface area (Å²) in [5, 5.41) is 0. The van der Waals surface area contributed by atoms with Crippen LogP contribution in [0.15, 0.2) is 0 Å². The molecular weight excluding hydrogens is 139 g/mol. The van der Waals surface area contributed by atoms with Gasteiger partial charge in [0.15, 0.2) is 0 Å². The maximum absolute atomic E-state index is 10.6. The van der Waals surface area contributed by atoms with Gasteiger partial charge in [0, 0.05) is 6.42 Å². The molecule has 4 heteroatoms. The molecule has 54 valence electrons. The van der Waals surface area contributed by atoms with Crippen molar-refractivity contribution in [2.75, 3.05) is 6.61 Å². The molecule has 0 heterocycles. The molecule has 3 nitrogen and oxygen atoms in total. The van der Waals surface area contributed by atoms with Crippen LogP contribution in [0.5, 0.6) is 0 Å². The maximum Gasteiger partial charge on any atom is 0.255 e. The Morgan fingerprint density at radius 1 is 1.56 bits per heavy atom. The van der Waals surface area contributed by atoms with Crippen LogP contribution in [0.3, 0.4) is 0 Å². The van der Waals surface area contributed by atoms with Crippen molar-refractivity contribution >= 4 is 13.6 Å². The van der Waals surface area contributed by atoms with Crippen molar-refractivity contribution in [3.05, 3.63) is 0 Å². The minimum atomic E-state index is -2.36. The van der Waals surface area contributed by atoms with Gasteiger partial charge in [-0.25, -0.2) is 0 Å². The second kappa shape index (κ2) is 4.71. The first-order chi connectivity index (χ1) is 4.22. The highest BCUT2D eigenvalue weighted by Crippen LogP contribution is 2.23. The highest BCUT2D eigenvalue weighted by Gasteiger charge is 2.06. The number of hydrogen-bond donors (Lipinski definition) is 0. The third-order valence-corrected chi connectivity index (χ3v) is 2.18. The van der Waals surface area contributed by atoms with E-state index in [0.717, 1.165) is 0 Å². The van der Waals surface area contributed by atoms with Crippen molar-refractivity contribution < 1.29 is 13.9 Å². The van der Waals surface area contributed by atoms with Crippen LogP contribution < -0.4 is 0 Å². The minimum Gasteiger partial charge on any atom is -0.326 e. The van der Waals surface area contributed by atoms with Gasteiger partial charge in [-0.1, -0.05) is 6.92 Å². The van der Waals surface area contributed by atoms with Gasteiger partial charge in [0.25, 0.3) is 8.03 Å². The lowest BCUT2D eigenvalue weighted by Gasteiger charge is -1.95. The molecule has 0 amide bonds. The van der Waals surface area contributed by atoms with E-state index in [9.17, 15) is 9.36 Å². The molecule has 0 spiro atoms. The van der Waals surface area contributed by atoms with E-state index in [-0.39, 0.29) is 5.52 Å². The van der Waals surface area contributed by atoms with E-state index in [2.05, 4.69) is 4.52 Å². The molecule has 0 aromatic heterocycles. The Hall–Kier alpha value is -0.140. The first-order valence-corrected chi connectivity index (χ1v) is 4.24. The van der Waals surface area contributed by atoms with Crippen molar-refractivity contribution in [2.24, 2.45) is 0 Å². The molecule has 1 atom stereocenters. The van der Waals surface area contributed by atoms with Crippen LogP contribution in [0, 0.1) is 0 Å². The predicted molar refractivity (Wildman–Crippen MR) is 35.9 cm³/mol. The van der Waals surface area contributed by atoms with E-state index in [0.29, 0.717) is 13.0 Å². The quantitative estimate of drug-likeness (QED) is 0.569. The number of carbonyl (C=O) groups excluding carboxylic acids is 1. The summed E-state index contributed by atoms with van der Waals surface area (Å²) >= 11 is 0. The lowest BCUT2D eigenvalue weighted by Crippen LogP contribution is -1.89. The first kappa shape index (κ1) is 8.86. The van der Waals surface area contributed by atoms with Gasteiger partial charge in [-0.05, 0) is 6.92 Å². The summed E-state index contributed by atoms with van der Waals surface area (Å²) in [5.74, 6) is 0. The summed E-state index contributed by atoms with van der Waals surface area (Å²) in [6, 6.07) is 0. The Labute approximate surface area is 55.3 Å². The minimum absolute atomic E-state index is 0.276. The van der Waals surface area contributed by atoms with Crippen LogP contribution >= 0.6 is 8.03 Å². The Balaban J connectivity index is 3.60. The number of rotatable bonds is 4. The van der Waals surface area contributed by atoms with E-state index in [1.54, 1.807) is 13.8 Å². The van der Waals surface area contributed by atoms with Gasteiger partial charge in [-0.3, -0.25) is 9.36 Å². The zero-order chi connectivity index (χ0) is 7.28. The Kier molecular flexibility index (Phi) is 4.64. The molecule has 0 saturated heterocycles. The van der Waals surface area contributed by atoms with Crippen molar-refractivity contribution in [3.8, 4) is 0 Å². The largest absolute Gasteiger partial charge is 0.326 e. The van der Waals surface area contributed by atoms with E-state index in [1.807, 2.05) is 0 Å².